The molecule has 32 heavy (non-hydrogen) atoms. The van der Waals surface area contributed by atoms with Crippen molar-refractivity contribution < 1.29 is 14.3 Å². The highest BCUT2D eigenvalue weighted by Crippen LogP contribution is 2.26. The normalized spacial score (nSPS) is 10.7. The van der Waals surface area contributed by atoms with Crippen LogP contribution >= 0.6 is 22.7 Å². The number of ether oxygens (including phenoxy) is 1. The number of amides is 1. The number of hydrogen-bond acceptors (Lipinski definition) is 9. The van der Waals surface area contributed by atoms with Crippen molar-refractivity contribution in [3.8, 4) is 10.8 Å². The minimum atomic E-state index is -0.478. The molecule has 0 saturated heterocycles. The summed E-state index contributed by atoms with van der Waals surface area (Å²) in [7, 11) is 0. The van der Waals surface area contributed by atoms with Gasteiger partial charge in [0.2, 0.25) is 5.91 Å². The van der Waals surface area contributed by atoms with Crippen LogP contribution in [0.4, 0.5) is 5.69 Å². The Bertz CT molecular complexity index is 1240. The minimum Gasteiger partial charge on any atom is -0.455 e. The lowest BCUT2D eigenvalue weighted by Gasteiger charge is -2.04. The molecule has 0 fully saturated rings. The van der Waals surface area contributed by atoms with Gasteiger partial charge in [-0.1, -0.05) is 17.7 Å². The van der Waals surface area contributed by atoms with Crippen LogP contribution in [0.5, 0.6) is 0 Å². The van der Waals surface area contributed by atoms with Gasteiger partial charge >= 0.3 is 5.97 Å². The van der Waals surface area contributed by atoms with Crippen LogP contribution in [0, 0.1) is 13.8 Å². The van der Waals surface area contributed by atoms with Gasteiger partial charge < -0.3 is 10.1 Å². The number of aryl methyl sites for hydroxylation is 2. The number of anilines is 1. The molecule has 0 aliphatic carbocycles. The molecule has 0 saturated carbocycles. The van der Waals surface area contributed by atoms with Crippen LogP contribution in [0.2, 0.25) is 0 Å². The molecule has 162 valence electrons. The Morgan fingerprint density at radius 2 is 1.81 bits per heavy atom. The van der Waals surface area contributed by atoms with Gasteiger partial charge in [0.05, 0.1) is 17.8 Å². The summed E-state index contributed by atoms with van der Waals surface area (Å²) in [5.41, 5.74) is 3.02. The molecule has 0 spiro atoms. The molecule has 0 aliphatic rings. The molecule has 3 heterocycles. The Morgan fingerprint density at radius 1 is 1.06 bits per heavy atom. The number of benzene rings is 1. The quantitative estimate of drug-likeness (QED) is 0.407. The topological polar surface area (TPSA) is 107 Å². The fraction of sp³-hybridized carbons (Fsp3) is 0.182. The molecule has 0 radical (unpaired) electrons. The van der Waals surface area contributed by atoms with E-state index in [1.807, 2.05) is 31.2 Å². The first-order chi connectivity index (χ1) is 15.5. The van der Waals surface area contributed by atoms with Crippen LogP contribution < -0.4 is 5.32 Å². The van der Waals surface area contributed by atoms with Gasteiger partial charge in [-0.05, 0) is 32.0 Å². The number of carbonyl (C=O) groups excluding carboxylic acids is 2. The van der Waals surface area contributed by atoms with E-state index in [2.05, 4.69) is 25.3 Å². The Kier molecular flexibility index (Phi) is 6.62. The number of esters is 1. The zero-order valence-electron chi connectivity index (χ0n) is 17.4. The van der Waals surface area contributed by atoms with E-state index in [1.165, 1.54) is 22.7 Å². The third-order valence-corrected chi connectivity index (χ3v) is 6.37. The molecule has 4 rings (SSSR count). The third kappa shape index (κ3) is 5.40. The molecule has 8 nitrogen and oxygen atoms in total. The number of rotatable bonds is 7. The van der Waals surface area contributed by atoms with E-state index in [4.69, 9.17) is 4.74 Å². The van der Waals surface area contributed by atoms with Crippen molar-refractivity contribution in [2.24, 2.45) is 0 Å². The van der Waals surface area contributed by atoms with E-state index in [9.17, 15) is 9.59 Å². The zero-order valence-corrected chi connectivity index (χ0v) is 19.0. The van der Waals surface area contributed by atoms with Crippen molar-refractivity contribution >= 4 is 40.2 Å². The Hall–Kier alpha value is -3.50. The lowest BCUT2D eigenvalue weighted by Crippen LogP contribution is -2.14. The van der Waals surface area contributed by atoms with Crippen LogP contribution in [-0.4, -0.2) is 31.8 Å². The second-order valence-corrected chi connectivity index (χ2v) is 8.85. The van der Waals surface area contributed by atoms with Gasteiger partial charge in [-0.15, -0.1) is 22.7 Å². The SMILES string of the molecule is Cc1ccc(NC(=O)Cc2nc(COC(=O)c3sc(-c4ncccn4)nc3C)cs2)cc1. The van der Waals surface area contributed by atoms with Gasteiger partial charge in [-0.25, -0.2) is 24.7 Å². The number of hydrogen-bond donors (Lipinski definition) is 1. The van der Waals surface area contributed by atoms with E-state index in [1.54, 1.807) is 30.8 Å². The molecule has 1 N–H and O–H groups in total. The van der Waals surface area contributed by atoms with Crippen LogP contribution in [0.25, 0.3) is 10.8 Å². The van der Waals surface area contributed by atoms with Gasteiger partial charge in [0.15, 0.2) is 10.8 Å². The van der Waals surface area contributed by atoms with E-state index in [-0.39, 0.29) is 18.9 Å². The summed E-state index contributed by atoms with van der Waals surface area (Å²) in [5.74, 6) is -0.163. The summed E-state index contributed by atoms with van der Waals surface area (Å²) < 4.78 is 5.40. The predicted octanol–water partition coefficient (Wildman–Crippen LogP) is 4.21. The molecule has 0 aliphatic heterocycles. The highest BCUT2D eigenvalue weighted by molar-refractivity contribution is 7.17. The number of nitrogens with one attached hydrogen (secondary N) is 1. The summed E-state index contributed by atoms with van der Waals surface area (Å²) in [6, 6.07) is 9.30. The summed E-state index contributed by atoms with van der Waals surface area (Å²) in [5, 5.41) is 5.84. The first-order valence-electron chi connectivity index (χ1n) is 9.69. The van der Waals surface area contributed by atoms with Gasteiger partial charge in [0.1, 0.15) is 16.5 Å². The molecule has 3 aromatic heterocycles. The number of thiazole rings is 2. The van der Waals surface area contributed by atoms with Crippen molar-refractivity contribution in [3.05, 3.63) is 74.9 Å². The number of carbonyl (C=O) groups is 2. The van der Waals surface area contributed by atoms with E-state index in [0.29, 0.717) is 32.1 Å². The zero-order chi connectivity index (χ0) is 22.5. The fourth-order valence-electron chi connectivity index (χ4n) is 2.77. The van der Waals surface area contributed by atoms with Gasteiger partial charge in [0, 0.05) is 23.5 Å². The van der Waals surface area contributed by atoms with E-state index < -0.39 is 5.97 Å². The maximum absolute atomic E-state index is 12.5. The summed E-state index contributed by atoms with van der Waals surface area (Å²) >= 11 is 2.54. The van der Waals surface area contributed by atoms with Crippen LogP contribution in [-0.2, 0) is 22.6 Å². The van der Waals surface area contributed by atoms with Crippen molar-refractivity contribution in [1.29, 1.82) is 0 Å². The van der Waals surface area contributed by atoms with Crippen LogP contribution in [0.1, 0.15) is 31.6 Å². The molecular formula is C22H19N5O3S2. The highest BCUT2D eigenvalue weighted by Gasteiger charge is 2.19. The van der Waals surface area contributed by atoms with E-state index >= 15 is 0 Å². The Labute approximate surface area is 192 Å². The molecule has 0 bridgehead atoms. The maximum Gasteiger partial charge on any atom is 0.350 e. The van der Waals surface area contributed by atoms with Gasteiger partial charge in [-0.2, -0.15) is 0 Å². The number of nitrogens with zero attached hydrogens (tertiary/aromatic N) is 4. The van der Waals surface area contributed by atoms with Gasteiger partial charge in [0.25, 0.3) is 0 Å². The highest BCUT2D eigenvalue weighted by atomic mass is 32.1. The van der Waals surface area contributed by atoms with Crippen molar-refractivity contribution in [2.75, 3.05) is 5.32 Å². The van der Waals surface area contributed by atoms with Crippen molar-refractivity contribution in [3.63, 3.8) is 0 Å². The molecule has 10 heteroatoms. The molecule has 0 atom stereocenters. The van der Waals surface area contributed by atoms with Crippen LogP contribution in [0.15, 0.2) is 48.1 Å². The van der Waals surface area contributed by atoms with Crippen molar-refractivity contribution in [2.45, 2.75) is 26.9 Å². The van der Waals surface area contributed by atoms with Crippen molar-refractivity contribution in [1.82, 2.24) is 19.9 Å². The average Bonchev–Trinajstić information content (AvgIpc) is 3.40. The molecule has 0 unspecified atom stereocenters. The smallest absolute Gasteiger partial charge is 0.350 e. The Morgan fingerprint density at radius 3 is 2.56 bits per heavy atom. The van der Waals surface area contributed by atoms with Gasteiger partial charge in [-0.3, -0.25) is 4.79 Å². The summed E-state index contributed by atoms with van der Waals surface area (Å²) in [4.78, 5) is 42.2. The second kappa shape index (κ2) is 9.75. The second-order valence-electron chi connectivity index (χ2n) is 6.91. The largest absolute Gasteiger partial charge is 0.455 e. The standard InChI is InChI=1S/C22H19N5O3S2/c1-13-4-6-15(7-5-13)26-17(28)10-18-27-16(12-31-18)11-30-22(29)19-14(2)25-21(32-19)20-23-8-3-9-24-20/h3-9,12H,10-11H2,1-2H3,(H,26,28). The van der Waals surface area contributed by atoms with Crippen LogP contribution in [0.3, 0.4) is 0 Å². The maximum atomic E-state index is 12.5. The lowest BCUT2D eigenvalue weighted by atomic mass is 10.2. The monoisotopic (exact) mass is 465 g/mol. The molecule has 4 aromatic rings. The first-order valence-corrected chi connectivity index (χ1v) is 11.4. The predicted molar refractivity (Wildman–Crippen MR) is 123 cm³/mol. The number of aromatic nitrogens is 4. The summed E-state index contributed by atoms with van der Waals surface area (Å²) in [6.07, 6.45) is 3.40. The Balaban J connectivity index is 1.32. The average molecular weight is 466 g/mol. The summed E-state index contributed by atoms with van der Waals surface area (Å²) in [6.45, 7) is 3.75. The third-order valence-electron chi connectivity index (χ3n) is 4.34. The minimum absolute atomic E-state index is 0.0173. The molecular weight excluding hydrogens is 446 g/mol. The first kappa shape index (κ1) is 21.7. The lowest BCUT2D eigenvalue weighted by molar-refractivity contribution is -0.115. The fourth-order valence-corrected chi connectivity index (χ4v) is 4.46. The molecule has 1 aromatic carbocycles. The molecule has 1 amide bonds. The van der Waals surface area contributed by atoms with E-state index in [0.717, 1.165) is 11.3 Å².